The smallest absolute Gasteiger partial charge is 0.165 e. The third-order valence-corrected chi connectivity index (χ3v) is 4.90. The first-order valence-electron chi connectivity index (χ1n) is 9.02. The molecule has 1 unspecified atom stereocenters. The van der Waals surface area contributed by atoms with E-state index in [1.165, 1.54) is 25.3 Å². The van der Waals surface area contributed by atoms with Crippen LogP contribution in [0.2, 0.25) is 0 Å². The van der Waals surface area contributed by atoms with E-state index < -0.39 is 5.60 Å². The largest absolute Gasteiger partial charge is 0.454 e. The van der Waals surface area contributed by atoms with Gasteiger partial charge in [0.05, 0.1) is 5.60 Å². The molecule has 1 aliphatic rings. The minimum absolute atomic E-state index is 0.201. The van der Waals surface area contributed by atoms with Gasteiger partial charge in [0.2, 0.25) is 0 Å². The summed E-state index contributed by atoms with van der Waals surface area (Å²) in [7, 11) is 0. The van der Waals surface area contributed by atoms with Crippen LogP contribution in [-0.2, 0) is 5.60 Å². The summed E-state index contributed by atoms with van der Waals surface area (Å²) in [6.07, 6.45) is 4.52. The highest BCUT2D eigenvalue weighted by molar-refractivity contribution is 5.35. The Labute approximate surface area is 149 Å². The number of para-hydroxylation sites is 1. The van der Waals surface area contributed by atoms with E-state index in [1.807, 2.05) is 19.1 Å². The fourth-order valence-electron chi connectivity index (χ4n) is 3.24. The standard InChI is InChI=1S/C21H26FNO2/c1-21(24,13-16-23-14-5-2-6-15-23)17-9-11-18(12-10-17)25-20-8-4-3-7-19(20)22/h3-4,7-12,24H,2,5-6,13-16H2,1H3. The highest BCUT2D eigenvalue weighted by Crippen LogP contribution is 2.29. The van der Waals surface area contributed by atoms with Crippen LogP contribution in [-0.4, -0.2) is 29.6 Å². The van der Waals surface area contributed by atoms with E-state index in [9.17, 15) is 9.50 Å². The predicted octanol–water partition coefficient (Wildman–Crippen LogP) is 4.70. The highest BCUT2D eigenvalue weighted by atomic mass is 19.1. The zero-order chi connectivity index (χ0) is 17.7. The van der Waals surface area contributed by atoms with Crippen molar-refractivity contribution in [2.24, 2.45) is 0 Å². The second-order valence-electron chi connectivity index (χ2n) is 6.98. The number of ether oxygens (including phenoxy) is 1. The van der Waals surface area contributed by atoms with Crippen molar-refractivity contribution in [3.63, 3.8) is 0 Å². The number of halogens is 1. The summed E-state index contributed by atoms with van der Waals surface area (Å²) in [6.45, 7) is 5.02. The molecule has 3 nitrogen and oxygen atoms in total. The summed E-state index contributed by atoms with van der Waals surface area (Å²) < 4.78 is 19.2. The van der Waals surface area contributed by atoms with Crippen molar-refractivity contribution in [1.82, 2.24) is 4.90 Å². The Balaban J connectivity index is 1.61. The number of aliphatic hydroxyl groups is 1. The van der Waals surface area contributed by atoms with Gasteiger partial charge < -0.3 is 14.7 Å². The molecule has 0 aliphatic carbocycles. The fourth-order valence-corrected chi connectivity index (χ4v) is 3.24. The van der Waals surface area contributed by atoms with Gasteiger partial charge in [-0.25, -0.2) is 4.39 Å². The van der Waals surface area contributed by atoms with Gasteiger partial charge in [-0.05, 0) is 69.1 Å². The van der Waals surface area contributed by atoms with E-state index in [4.69, 9.17) is 4.74 Å². The quantitative estimate of drug-likeness (QED) is 0.825. The molecule has 1 saturated heterocycles. The third kappa shape index (κ3) is 4.80. The molecule has 2 aromatic rings. The van der Waals surface area contributed by atoms with Gasteiger partial charge in [-0.1, -0.05) is 30.7 Å². The molecule has 1 aliphatic heterocycles. The van der Waals surface area contributed by atoms with Crippen LogP contribution >= 0.6 is 0 Å². The number of nitrogens with zero attached hydrogens (tertiary/aromatic N) is 1. The summed E-state index contributed by atoms with van der Waals surface area (Å²) in [4.78, 5) is 2.42. The Morgan fingerprint density at radius 2 is 1.72 bits per heavy atom. The van der Waals surface area contributed by atoms with Crippen molar-refractivity contribution in [2.75, 3.05) is 19.6 Å². The van der Waals surface area contributed by atoms with Crippen LogP contribution in [0, 0.1) is 5.82 Å². The van der Waals surface area contributed by atoms with E-state index in [0.717, 1.165) is 25.2 Å². The lowest BCUT2D eigenvalue weighted by Gasteiger charge is -2.31. The van der Waals surface area contributed by atoms with E-state index in [2.05, 4.69) is 4.90 Å². The molecule has 134 valence electrons. The number of likely N-dealkylation sites (tertiary alicyclic amines) is 1. The Morgan fingerprint density at radius 3 is 2.40 bits per heavy atom. The number of hydrogen-bond acceptors (Lipinski definition) is 3. The number of piperidine rings is 1. The third-order valence-electron chi connectivity index (χ3n) is 4.90. The minimum Gasteiger partial charge on any atom is -0.454 e. The van der Waals surface area contributed by atoms with Gasteiger partial charge in [-0.15, -0.1) is 0 Å². The SMILES string of the molecule is CC(O)(CCN1CCCCC1)c1ccc(Oc2ccccc2F)cc1. The van der Waals surface area contributed by atoms with Crippen molar-refractivity contribution in [2.45, 2.75) is 38.2 Å². The van der Waals surface area contributed by atoms with Gasteiger partial charge in [0.15, 0.2) is 11.6 Å². The molecule has 0 saturated carbocycles. The topological polar surface area (TPSA) is 32.7 Å². The van der Waals surface area contributed by atoms with Crippen LogP contribution in [0.4, 0.5) is 4.39 Å². The molecular weight excluding hydrogens is 317 g/mol. The summed E-state index contributed by atoms with van der Waals surface area (Å²) in [6, 6.07) is 13.6. The van der Waals surface area contributed by atoms with Crippen LogP contribution in [0.25, 0.3) is 0 Å². The van der Waals surface area contributed by atoms with Gasteiger partial charge >= 0.3 is 0 Å². The fraction of sp³-hybridized carbons (Fsp3) is 0.429. The predicted molar refractivity (Wildman–Crippen MR) is 97.4 cm³/mol. The summed E-state index contributed by atoms with van der Waals surface area (Å²) in [5, 5.41) is 10.8. The molecule has 0 aromatic heterocycles. The van der Waals surface area contributed by atoms with Crippen molar-refractivity contribution in [3.05, 3.63) is 59.9 Å². The first kappa shape index (κ1) is 17.9. The molecule has 1 N–H and O–H groups in total. The zero-order valence-corrected chi connectivity index (χ0v) is 14.7. The monoisotopic (exact) mass is 343 g/mol. The first-order chi connectivity index (χ1) is 12.0. The lowest BCUT2D eigenvalue weighted by molar-refractivity contribution is 0.0337. The molecule has 25 heavy (non-hydrogen) atoms. The second-order valence-corrected chi connectivity index (χ2v) is 6.98. The van der Waals surface area contributed by atoms with Crippen LogP contribution < -0.4 is 4.74 Å². The average Bonchev–Trinajstić information content (AvgIpc) is 2.63. The molecule has 3 rings (SSSR count). The number of hydrogen-bond donors (Lipinski definition) is 1. The van der Waals surface area contributed by atoms with Crippen molar-refractivity contribution < 1.29 is 14.2 Å². The first-order valence-corrected chi connectivity index (χ1v) is 9.02. The molecular formula is C21H26FNO2. The molecule has 0 amide bonds. The van der Waals surface area contributed by atoms with Crippen LogP contribution in [0.1, 0.15) is 38.2 Å². The van der Waals surface area contributed by atoms with Crippen molar-refractivity contribution in [1.29, 1.82) is 0 Å². The van der Waals surface area contributed by atoms with E-state index in [-0.39, 0.29) is 11.6 Å². The molecule has 2 aromatic carbocycles. The Morgan fingerprint density at radius 1 is 1.04 bits per heavy atom. The molecule has 1 fully saturated rings. The van der Waals surface area contributed by atoms with Crippen LogP contribution in [0.15, 0.2) is 48.5 Å². The van der Waals surface area contributed by atoms with Gasteiger partial charge in [0, 0.05) is 6.54 Å². The average molecular weight is 343 g/mol. The van der Waals surface area contributed by atoms with Gasteiger partial charge in [-0.2, -0.15) is 0 Å². The molecule has 0 spiro atoms. The Kier molecular flexibility index (Phi) is 5.71. The van der Waals surface area contributed by atoms with Gasteiger partial charge in [0.1, 0.15) is 5.75 Å². The maximum Gasteiger partial charge on any atom is 0.165 e. The minimum atomic E-state index is -0.881. The van der Waals surface area contributed by atoms with Crippen LogP contribution in [0.3, 0.4) is 0 Å². The molecule has 1 atom stereocenters. The zero-order valence-electron chi connectivity index (χ0n) is 14.7. The lowest BCUT2D eigenvalue weighted by Crippen LogP contribution is -2.34. The van der Waals surface area contributed by atoms with Gasteiger partial charge in [-0.3, -0.25) is 0 Å². The number of rotatable bonds is 6. The van der Waals surface area contributed by atoms with E-state index in [0.29, 0.717) is 12.2 Å². The van der Waals surface area contributed by atoms with E-state index in [1.54, 1.807) is 30.3 Å². The molecule has 1 heterocycles. The normalized spacial score (nSPS) is 17.9. The summed E-state index contributed by atoms with van der Waals surface area (Å²) in [5.41, 5.74) is -0.0288. The molecule has 0 radical (unpaired) electrons. The maximum absolute atomic E-state index is 13.7. The lowest BCUT2D eigenvalue weighted by atomic mass is 9.92. The summed E-state index contributed by atoms with van der Waals surface area (Å²) >= 11 is 0. The highest BCUT2D eigenvalue weighted by Gasteiger charge is 2.24. The van der Waals surface area contributed by atoms with Crippen molar-refractivity contribution in [3.8, 4) is 11.5 Å². The maximum atomic E-state index is 13.7. The molecule has 4 heteroatoms. The Bertz CT molecular complexity index is 679. The molecule has 0 bridgehead atoms. The number of benzene rings is 2. The second kappa shape index (κ2) is 7.98. The van der Waals surface area contributed by atoms with Crippen molar-refractivity contribution >= 4 is 0 Å². The Hall–Kier alpha value is -1.91. The van der Waals surface area contributed by atoms with E-state index >= 15 is 0 Å². The summed E-state index contributed by atoms with van der Waals surface area (Å²) in [5.74, 6) is 0.368. The van der Waals surface area contributed by atoms with Gasteiger partial charge in [0.25, 0.3) is 0 Å². The van der Waals surface area contributed by atoms with Crippen LogP contribution in [0.5, 0.6) is 11.5 Å².